The predicted octanol–water partition coefficient (Wildman–Crippen LogP) is 3.46. The van der Waals surface area contributed by atoms with Crippen LogP contribution in [0.2, 0.25) is 0 Å². The standard InChI is InChI=1S/C23H26FN3O3S/c1-16(13-18-14-25-22-7-3-2-6-21(18)22)26-23(28)17-5-4-12-27(15-17)31(29,30)20-10-8-19(24)9-11-20/h2-3,6-11,14,16-17,25H,4-5,12-13,15H2,1H3,(H,26,28)/t16-,17-/m1/s1. The van der Waals surface area contributed by atoms with Gasteiger partial charge in [-0.25, -0.2) is 12.8 Å². The normalized spacial score (nSPS) is 18.7. The number of nitrogens with one attached hydrogen (secondary N) is 2. The third-order valence-electron chi connectivity index (χ3n) is 5.80. The van der Waals surface area contributed by atoms with Gasteiger partial charge in [0.25, 0.3) is 0 Å². The molecule has 1 amide bonds. The summed E-state index contributed by atoms with van der Waals surface area (Å²) in [7, 11) is -3.76. The number of carbonyl (C=O) groups is 1. The molecule has 1 fully saturated rings. The average molecular weight is 444 g/mol. The van der Waals surface area contributed by atoms with E-state index in [-0.39, 0.29) is 23.4 Å². The van der Waals surface area contributed by atoms with Crippen LogP contribution in [-0.4, -0.2) is 42.7 Å². The minimum absolute atomic E-state index is 0.0441. The lowest BCUT2D eigenvalue weighted by atomic mass is 9.98. The Morgan fingerprint density at radius 1 is 1.23 bits per heavy atom. The molecule has 0 spiro atoms. The molecule has 0 bridgehead atoms. The van der Waals surface area contributed by atoms with Crippen LogP contribution >= 0.6 is 0 Å². The Labute approximate surface area is 181 Å². The van der Waals surface area contributed by atoms with Crippen molar-refractivity contribution in [2.75, 3.05) is 13.1 Å². The number of carbonyl (C=O) groups excluding carboxylic acids is 1. The van der Waals surface area contributed by atoms with Gasteiger partial charge in [-0.3, -0.25) is 4.79 Å². The van der Waals surface area contributed by atoms with Crippen molar-refractivity contribution >= 4 is 26.8 Å². The first kappa shape index (κ1) is 21.5. The molecule has 2 atom stereocenters. The molecule has 1 aliphatic rings. The van der Waals surface area contributed by atoms with Gasteiger partial charge in [-0.05, 0) is 62.1 Å². The van der Waals surface area contributed by atoms with Crippen molar-refractivity contribution in [3.05, 3.63) is 66.1 Å². The number of H-pyrrole nitrogens is 1. The molecule has 2 N–H and O–H groups in total. The average Bonchev–Trinajstić information content (AvgIpc) is 3.17. The summed E-state index contributed by atoms with van der Waals surface area (Å²) < 4.78 is 40.3. The van der Waals surface area contributed by atoms with Gasteiger partial charge in [0.1, 0.15) is 5.82 Å². The first-order valence-corrected chi connectivity index (χ1v) is 11.9. The number of fused-ring (bicyclic) bond motifs is 1. The maximum atomic E-state index is 13.2. The fraction of sp³-hybridized carbons (Fsp3) is 0.348. The quantitative estimate of drug-likeness (QED) is 0.612. The second-order valence-electron chi connectivity index (χ2n) is 8.13. The van der Waals surface area contributed by atoms with Crippen LogP contribution in [0.5, 0.6) is 0 Å². The molecule has 31 heavy (non-hydrogen) atoms. The van der Waals surface area contributed by atoms with Crippen LogP contribution < -0.4 is 5.32 Å². The van der Waals surface area contributed by atoms with E-state index in [1.54, 1.807) is 0 Å². The van der Waals surface area contributed by atoms with Crippen LogP contribution in [0.4, 0.5) is 4.39 Å². The van der Waals surface area contributed by atoms with Crippen molar-refractivity contribution in [2.45, 2.75) is 37.1 Å². The lowest BCUT2D eigenvalue weighted by Crippen LogP contribution is -2.47. The van der Waals surface area contributed by atoms with Crippen LogP contribution in [0.15, 0.2) is 59.6 Å². The highest BCUT2D eigenvalue weighted by Gasteiger charge is 2.33. The molecular weight excluding hydrogens is 417 g/mol. The number of para-hydroxylation sites is 1. The molecule has 1 aliphatic heterocycles. The van der Waals surface area contributed by atoms with E-state index in [1.165, 1.54) is 16.4 Å². The van der Waals surface area contributed by atoms with Crippen molar-refractivity contribution in [2.24, 2.45) is 5.92 Å². The van der Waals surface area contributed by atoms with Gasteiger partial charge in [0.2, 0.25) is 15.9 Å². The Bertz CT molecular complexity index is 1170. The highest BCUT2D eigenvalue weighted by Crippen LogP contribution is 2.25. The molecule has 6 nitrogen and oxygen atoms in total. The molecule has 3 aromatic rings. The van der Waals surface area contributed by atoms with E-state index >= 15 is 0 Å². The number of sulfonamides is 1. The highest BCUT2D eigenvalue weighted by atomic mass is 32.2. The monoisotopic (exact) mass is 443 g/mol. The van der Waals surface area contributed by atoms with Gasteiger partial charge in [0, 0.05) is 36.2 Å². The zero-order valence-electron chi connectivity index (χ0n) is 17.3. The molecule has 2 aromatic carbocycles. The fourth-order valence-electron chi connectivity index (χ4n) is 4.17. The Morgan fingerprint density at radius 3 is 2.74 bits per heavy atom. The summed E-state index contributed by atoms with van der Waals surface area (Å²) in [6, 6.07) is 12.7. The summed E-state index contributed by atoms with van der Waals surface area (Å²) in [5.41, 5.74) is 2.19. The number of benzene rings is 2. The SMILES string of the molecule is C[C@H](Cc1c[nH]c2ccccc12)NC(=O)[C@@H]1CCCN(S(=O)(=O)c2ccc(F)cc2)C1. The summed E-state index contributed by atoms with van der Waals surface area (Å²) in [5.74, 6) is -1.03. The third-order valence-corrected chi connectivity index (χ3v) is 7.68. The Morgan fingerprint density at radius 2 is 1.97 bits per heavy atom. The second-order valence-corrected chi connectivity index (χ2v) is 10.1. The van der Waals surface area contributed by atoms with Crippen LogP contribution in [0.1, 0.15) is 25.3 Å². The molecule has 0 saturated carbocycles. The zero-order chi connectivity index (χ0) is 22.0. The number of piperidine rings is 1. The number of rotatable bonds is 6. The van der Waals surface area contributed by atoms with Crippen LogP contribution in [0, 0.1) is 11.7 Å². The number of nitrogens with zero attached hydrogens (tertiary/aromatic N) is 1. The summed E-state index contributed by atoms with van der Waals surface area (Å²) in [5, 5.41) is 4.18. The number of halogens is 1. The van der Waals surface area contributed by atoms with E-state index in [2.05, 4.69) is 16.4 Å². The predicted molar refractivity (Wildman–Crippen MR) is 117 cm³/mol. The molecule has 1 aromatic heterocycles. The summed E-state index contributed by atoms with van der Waals surface area (Å²) in [4.78, 5) is 16.2. The maximum absolute atomic E-state index is 13.2. The van der Waals surface area contributed by atoms with Gasteiger partial charge in [0.15, 0.2) is 0 Å². The third kappa shape index (κ3) is 4.65. The lowest BCUT2D eigenvalue weighted by molar-refractivity contribution is -0.126. The van der Waals surface area contributed by atoms with Crippen molar-refractivity contribution < 1.29 is 17.6 Å². The first-order valence-electron chi connectivity index (χ1n) is 10.5. The Balaban J connectivity index is 1.39. The number of hydrogen-bond donors (Lipinski definition) is 2. The van der Waals surface area contributed by atoms with Gasteiger partial charge in [-0.2, -0.15) is 4.31 Å². The van der Waals surface area contributed by atoms with E-state index in [9.17, 15) is 17.6 Å². The summed E-state index contributed by atoms with van der Waals surface area (Å²) >= 11 is 0. The maximum Gasteiger partial charge on any atom is 0.243 e. The van der Waals surface area contributed by atoms with E-state index in [4.69, 9.17) is 0 Å². The van der Waals surface area contributed by atoms with Gasteiger partial charge >= 0.3 is 0 Å². The molecule has 2 heterocycles. The molecule has 164 valence electrons. The van der Waals surface area contributed by atoms with Crippen molar-refractivity contribution in [3.63, 3.8) is 0 Å². The van der Waals surface area contributed by atoms with E-state index < -0.39 is 21.8 Å². The summed E-state index contributed by atoms with van der Waals surface area (Å²) in [6.07, 6.45) is 3.89. The van der Waals surface area contributed by atoms with Gasteiger partial charge in [-0.15, -0.1) is 0 Å². The van der Waals surface area contributed by atoms with Crippen LogP contribution in [0.25, 0.3) is 10.9 Å². The molecule has 0 aliphatic carbocycles. The van der Waals surface area contributed by atoms with Crippen LogP contribution in [0.3, 0.4) is 0 Å². The molecule has 0 unspecified atom stereocenters. The van der Waals surface area contributed by atoms with Crippen molar-refractivity contribution in [3.8, 4) is 0 Å². The van der Waals surface area contributed by atoms with Gasteiger partial charge in [0.05, 0.1) is 10.8 Å². The largest absolute Gasteiger partial charge is 0.361 e. The second kappa shape index (κ2) is 8.80. The van der Waals surface area contributed by atoms with Crippen molar-refractivity contribution in [1.82, 2.24) is 14.6 Å². The van der Waals surface area contributed by atoms with Crippen molar-refractivity contribution in [1.29, 1.82) is 0 Å². The fourth-order valence-corrected chi connectivity index (χ4v) is 5.70. The van der Waals surface area contributed by atoms with E-state index in [0.29, 0.717) is 25.8 Å². The van der Waals surface area contributed by atoms with Crippen LogP contribution in [-0.2, 0) is 21.2 Å². The Kier molecular flexibility index (Phi) is 6.11. The first-order chi connectivity index (χ1) is 14.8. The smallest absolute Gasteiger partial charge is 0.243 e. The zero-order valence-corrected chi connectivity index (χ0v) is 18.2. The van der Waals surface area contributed by atoms with Gasteiger partial charge < -0.3 is 10.3 Å². The Hall–Kier alpha value is -2.71. The molecule has 0 radical (unpaired) electrons. The minimum atomic E-state index is -3.76. The number of aromatic amines is 1. The van der Waals surface area contributed by atoms with Gasteiger partial charge in [-0.1, -0.05) is 18.2 Å². The summed E-state index contributed by atoms with van der Waals surface area (Å²) in [6.45, 7) is 2.44. The molecule has 1 saturated heterocycles. The minimum Gasteiger partial charge on any atom is -0.361 e. The molecule has 8 heteroatoms. The molecular formula is C23H26FN3O3S. The number of amides is 1. The molecule has 4 rings (SSSR count). The highest BCUT2D eigenvalue weighted by molar-refractivity contribution is 7.89. The van der Waals surface area contributed by atoms with E-state index in [1.807, 2.05) is 31.3 Å². The lowest BCUT2D eigenvalue weighted by Gasteiger charge is -2.31. The topological polar surface area (TPSA) is 82.3 Å². The number of hydrogen-bond acceptors (Lipinski definition) is 3. The van der Waals surface area contributed by atoms with E-state index in [0.717, 1.165) is 28.6 Å². The number of aromatic nitrogens is 1.